The normalized spacial score (nSPS) is 16.5. The van der Waals surface area contributed by atoms with Crippen LogP contribution >= 0.6 is 36.4 Å². The van der Waals surface area contributed by atoms with Gasteiger partial charge in [0.25, 0.3) is 0 Å². The topological polar surface area (TPSA) is 47.0 Å². The van der Waals surface area contributed by atoms with Gasteiger partial charge in [-0.05, 0) is 43.1 Å². The smallest absolute Gasteiger partial charge is 0.138 e. The molecule has 3 heterocycles. The number of nitrogens with one attached hydrogen (secondary N) is 1. The van der Waals surface area contributed by atoms with Gasteiger partial charge in [0.15, 0.2) is 0 Å². The van der Waals surface area contributed by atoms with Crippen LogP contribution in [0.5, 0.6) is 5.75 Å². The van der Waals surface area contributed by atoms with Gasteiger partial charge in [0.2, 0.25) is 0 Å². The van der Waals surface area contributed by atoms with Crippen LogP contribution < -0.4 is 10.1 Å². The molecule has 1 fully saturated rings. The van der Waals surface area contributed by atoms with Crippen molar-refractivity contribution in [3.63, 3.8) is 0 Å². The summed E-state index contributed by atoms with van der Waals surface area (Å²) in [6, 6.07) is 6.22. The lowest BCUT2D eigenvalue weighted by molar-refractivity contribution is 0.276. The van der Waals surface area contributed by atoms with Crippen molar-refractivity contribution < 1.29 is 4.74 Å². The summed E-state index contributed by atoms with van der Waals surface area (Å²) in [6.45, 7) is 1.74. The first-order chi connectivity index (χ1) is 10.8. The van der Waals surface area contributed by atoms with E-state index in [-0.39, 0.29) is 24.8 Å². The maximum Gasteiger partial charge on any atom is 0.138 e. The fourth-order valence-electron chi connectivity index (χ4n) is 2.40. The Morgan fingerprint density at radius 2 is 2.04 bits per heavy atom. The van der Waals surface area contributed by atoms with Crippen LogP contribution in [0.3, 0.4) is 0 Å². The van der Waals surface area contributed by atoms with Crippen LogP contribution in [0.1, 0.15) is 24.0 Å². The quantitative estimate of drug-likeness (QED) is 0.777. The maximum atomic E-state index is 6.15. The summed E-state index contributed by atoms with van der Waals surface area (Å²) in [6.07, 6.45) is 11.5. The number of halogens is 3. The molecule has 1 N–H and O–H groups in total. The molecule has 0 radical (unpaired) electrons. The molecule has 130 valence electrons. The molecular weight excluding hydrogens is 369 g/mol. The summed E-state index contributed by atoms with van der Waals surface area (Å²) in [5.74, 6) is 0.743. The van der Waals surface area contributed by atoms with E-state index in [0.717, 1.165) is 29.8 Å². The number of aromatic nitrogens is 2. The Kier molecular flexibility index (Phi) is 9.08. The molecule has 1 aliphatic rings. The SMILES string of the molecule is Cl.Cl.Clc1ncc(OC[C@@H]2CCCN2)cc1C=Cc1ccncc1. The fourth-order valence-corrected chi connectivity index (χ4v) is 2.56. The molecule has 3 rings (SSSR count). The third kappa shape index (κ3) is 5.95. The van der Waals surface area contributed by atoms with Crippen LogP contribution in [-0.4, -0.2) is 29.2 Å². The largest absolute Gasteiger partial charge is 0.490 e. The van der Waals surface area contributed by atoms with Gasteiger partial charge in [-0.15, -0.1) is 24.8 Å². The highest BCUT2D eigenvalue weighted by Gasteiger charge is 2.14. The number of nitrogens with zero attached hydrogens (tertiary/aromatic N) is 2. The number of hydrogen-bond donors (Lipinski definition) is 1. The molecule has 7 heteroatoms. The van der Waals surface area contributed by atoms with Crippen LogP contribution in [0.25, 0.3) is 12.2 Å². The minimum atomic E-state index is 0. The number of pyridine rings is 2. The van der Waals surface area contributed by atoms with E-state index in [1.807, 2.05) is 30.4 Å². The second kappa shape index (κ2) is 10.5. The summed E-state index contributed by atoms with van der Waals surface area (Å²) in [5, 5.41) is 3.88. The summed E-state index contributed by atoms with van der Waals surface area (Å²) >= 11 is 6.15. The zero-order valence-electron chi connectivity index (χ0n) is 13.0. The standard InChI is InChI=1S/C17H18ClN3O.2ClH/c18-17-14(4-3-13-5-8-19-9-6-13)10-16(11-21-17)22-12-15-2-1-7-20-15;;/h3-6,8-11,15,20H,1-2,7,12H2;2*1H/t15-;;/m0../s1. The van der Waals surface area contributed by atoms with Crippen LogP contribution in [0.4, 0.5) is 0 Å². The van der Waals surface area contributed by atoms with E-state index in [0.29, 0.717) is 17.8 Å². The average molecular weight is 389 g/mol. The van der Waals surface area contributed by atoms with Crippen molar-refractivity contribution in [3.8, 4) is 5.75 Å². The zero-order valence-corrected chi connectivity index (χ0v) is 15.4. The van der Waals surface area contributed by atoms with Crippen molar-refractivity contribution in [2.24, 2.45) is 0 Å². The van der Waals surface area contributed by atoms with E-state index in [1.165, 1.54) is 6.42 Å². The van der Waals surface area contributed by atoms with Crippen LogP contribution in [0.15, 0.2) is 36.8 Å². The van der Waals surface area contributed by atoms with Crippen molar-refractivity contribution >= 4 is 48.6 Å². The molecule has 1 aliphatic heterocycles. The molecule has 1 saturated heterocycles. The number of rotatable bonds is 5. The van der Waals surface area contributed by atoms with Crippen molar-refractivity contribution in [2.75, 3.05) is 13.2 Å². The fraction of sp³-hybridized carbons (Fsp3) is 0.294. The highest BCUT2D eigenvalue weighted by atomic mass is 35.5. The minimum absolute atomic E-state index is 0. The Morgan fingerprint density at radius 3 is 2.75 bits per heavy atom. The molecular formula is C17H20Cl3N3O. The molecule has 0 saturated carbocycles. The van der Waals surface area contributed by atoms with Gasteiger partial charge in [-0.1, -0.05) is 23.8 Å². The number of ether oxygens (including phenoxy) is 1. The Balaban J connectivity index is 0.00000144. The average Bonchev–Trinajstić information content (AvgIpc) is 3.07. The third-order valence-corrected chi connectivity index (χ3v) is 3.93. The Bertz CT molecular complexity index is 647. The molecule has 1 atom stereocenters. The molecule has 0 unspecified atom stereocenters. The molecule has 2 aromatic heterocycles. The monoisotopic (exact) mass is 387 g/mol. The molecule has 0 aliphatic carbocycles. The van der Waals surface area contributed by atoms with Crippen molar-refractivity contribution in [3.05, 3.63) is 53.1 Å². The van der Waals surface area contributed by atoms with Crippen LogP contribution in [-0.2, 0) is 0 Å². The van der Waals surface area contributed by atoms with Gasteiger partial charge < -0.3 is 10.1 Å². The first kappa shape index (κ1) is 20.7. The van der Waals surface area contributed by atoms with Crippen LogP contribution in [0.2, 0.25) is 5.15 Å². The van der Waals surface area contributed by atoms with Crippen molar-refractivity contribution in [1.82, 2.24) is 15.3 Å². The van der Waals surface area contributed by atoms with E-state index >= 15 is 0 Å². The first-order valence-corrected chi connectivity index (χ1v) is 7.79. The van der Waals surface area contributed by atoms with E-state index in [4.69, 9.17) is 16.3 Å². The molecule has 4 nitrogen and oxygen atoms in total. The lowest BCUT2D eigenvalue weighted by atomic mass is 10.2. The van der Waals surface area contributed by atoms with Gasteiger partial charge in [-0.25, -0.2) is 4.98 Å². The Labute approximate surface area is 159 Å². The second-order valence-electron chi connectivity index (χ2n) is 5.27. The van der Waals surface area contributed by atoms with Gasteiger partial charge >= 0.3 is 0 Å². The predicted molar refractivity (Wildman–Crippen MR) is 103 cm³/mol. The third-order valence-electron chi connectivity index (χ3n) is 3.62. The van der Waals surface area contributed by atoms with Crippen LogP contribution in [0, 0.1) is 0 Å². The van der Waals surface area contributed by atoms with E-state index in [1.54, 1.807) is 18.6 Å². The van der Waals surface area contributed by atoms with E-state index in [2.05, 4.69) is 15.3 Å². The van der Waals surface area contributed by atoms with Gasteiger partial charge in [-0.3, -0.25) is 4.98 Å². The summed E-state index contributed by atoms with van der Waals surface area (Å²) in [5.41, 5.74) is 1.91. The lowest BCUT2D eigenvalue weighted by Crippen LogP contribution is -2.28. The highest BCUT2D eigenvalue weighted by molar-refractivity contribution is 6.31. The van der Waals surface area contributed by atoms with Crippen molar-refractivity contribution in [2.45, 2.75) is 18.9 Å². The molecule has 0 aromatic carbocycles. The first-order valence-electron chi connectivity index (χ1n) is 7.41. The molecule has 2 aromatic rings. The van der Waals surface area contributed by atoms with Gasteiger partial charge in [-0.2, -0.15) is 0 Å². The predicted octanol–water partition coefficient (Wildman–Crippen LogP) is 4.27. The molecule has 0 bridgehead atoms. The van der Waals surface area contributed by atoms with Crippen molar-refractivity contribution in [1.29, 1.82) is 0 Å². The van der Waals surface area contributed by atoms with E-state index < -0.39 is 0 Å². The summed E-state index contributed by atoms with van der Waals surface area (Å²) in [4.78, 5) is 8.19. The summed E-state index contributed by atoms with van der Waals surface area (Å²) in [7, 11) is 0. The zero-order chi connectivity index (χ0) is 15.2. The van der Waals surface area contributed by atoms with Gasteiger partial charge in [0.05, 0.1) is 6.20 Å². The summed E-state index contributed by atoms with van der Waals surface area (Å²) < 4.78 is 5.81. The van der Waals surface area contributed by atoms with E-state index in [9.17, 15) is 0 Å². The highest BCUT2D eigenvalue weighted by Crippen LogP contribution is 2.22. The van der Waals surface area contributed by atoms with Gasteiger partial charge in [0.1, 0.15) is 17.5 Å². The van der Waals surface area contributed by atoms with Gasteiger partial charge in [0, 0.05) is 24.0 Å². The second-order valence-corrected chi connectivity index (χ2v) is 5.63. The lowest BCUT2D eigenvalue weighted by Gasteiger charge is -2.12. The number of hydrogen-bond acceptors (Lipinski definition) is 4. The molecule has 24 heavy (non-hydrogen) atoms. The Morgan fingerprint density at radius 1 is 1.25 bits per heavy atom. The Hall–Kier alpha value is -1.33. The maximum absolute atomic E-state index is 6.15. The molecule has 0 spiro atoms. The minimum Gasteiger partial charge on any atom is -0.490 e. The molecule has 0 amide bonds.